The lowest BCUT2D eigenvalue weighted by Gasteiger charge is -2.32. The van der Waals surface area contributed by atoms with Crippen molar-refractivity contribution in [1.82, 2.24) is 20.5 Å². The number of halogens is 1. The Bertz CT molecular complexity index is 874. The second kappa shape index (κ2) is 10.5. The van der Waals surface area contributed by atoms with Gasteiger partial charge >= 0.3 is 0 Å². The number of carbonyl (C=O) groups is 3. The van der Waals surface area contributed by atoms with Gasteiger partial charge in [-0.25, -0.2) is 4.39 Å². The molecule has 30 heavy (non-hydrogen) atoms. The maximum absolute atomic E-state index is 13.0. The van der Waals surface area contributed by atoms with Crippen molar-refractivity contribution >= 4 is 17.7 Å². The average Bonchev–Trinajstić information content (AvgIpc) is 2.78. The van der Waals surface area contributed by atoms with Gasteiger partial charge in [0.15, 0.2) is 0 Å². The number of benzene rings is 1. The van der Waals surface area contributed by atoms with Crippen LogP contribution in [0.3, 0.4) is 0 Å². The zero-order valence-corrected chi connectivity index (χ0v) is 16.6. The molecule has 158 valence electrons. The summed E-state index contributed by atoms with van der Waals surface area (Å²) < 4.78 is 13.0. The molecule has 1 unspecified atom stereocenters. The third kappa shape index (κ3) is 6.10. The fraction of sp³-hybridized carbons (Fsp3) is 0.364. The SMILES string of the molecule is O=C(NCCNC(=O)C1CCCN(C(=O)Cc2ccc(F)cc2)C1)c1cccnc1. The Labute approximate surface area is 174 Å². The predicted molar refractivity (Wildman–Crippen MR) is 109 cm³/mol. The third-order valence-electron chi connectivity index (χ3n) is 5.05. The molecule has 7 nitrogen and oxygen atoms in total. The first-order chi connectivity index (χ1) is 14.5. The number of nitrogens with zero attached hydrogens (tertiary/aromatic N) is 2. The molecule has 0 aliphatic carbocycles. The monoisotopic (exact) mass is 412 g/mol. The Balaban J connectivity index is 1.41. The van der Waals surface area contributed by atoms with Crippen LogP contribution in [0.5, 0.6) is 0 Å². The normalized spacial score (nSPS) is 16.0. The molecule has 8 heteroatoms. The van der Waals surface area contributed by atoms with Crippen molar-refractivity contribution in [2.24, 2.45) is 5.92 Å². The fourth-order valence-electron chi connectivity index (χ4n) is 3.41. The van der Waals surface area contributed by atoms with Crippen LogP contribution in [-0.2, 0) is 16.0 Å². The number of carbonyl (C=O) groups excluding carboxylic acids is 3. The smallest absolute Gasteiger partial charge is 0.252 e. The molecule has 3 amide bonds. The lowest BCUT2D eigenvalue weighted by atomic mass is 9.96. The highest BCUT2D eigenvalue weighted by molar-refractivity contribution is 5.93. The summed E-state index contributed by atoms with van der Waals surface area (Å²) in [5, 5.41) is 5.56. The van der Waals surface area contributed by atoms with E-state index < -0.39 is 0 Å². The molecule has 3 rings (SSSR count). The first-order valence-corrected chi connectivity index (χ1v) is 10.0. The van der Waals surface area contributed by atoms with E-state index in [0.717, 1.165) is 12.0 Å². The average molecular weight is 412 g/mol. The van der Waals surface area contributed by atoms with Gasteiger partial charge in [0.25, 0.3) is 5.91 Å². The molecule has 1 aromatic heterocycles. The molecule has 2 heterocycles. The summed E-state index contributed by atoms with van der Waals surface area (Å²) in [4.78, 5) is 42.5. The molecule has 0 saturated carbocycles. The molecular weight excluding hydrogens is 387 g/mol. The summed E-state index contributed by atoms with van der Waals surface area (Å²) in [6.45, 7) is 1.60. The number of nitrogens with one attached hydrogen (secondary N) is 2. The van der Waals surface area contributed by atoms with E-state index in [0.29, 0.717) is 38.2 Å². The van der Waals surface area contributed by atoms with E-state index in [1.165, 1.54) is 18.3 Å². The molecule has 1 saturated heterocycles. The zero-order valence-electron chi connectivity index (χ0n) is 16.6. The van der Waals surface area contributed by atoms with E-state index in [2.05, 4.69) is 15.6 Å². The molecule has 0 bridgehead atoms. The van der Waals surface area contributed by atoms with Gasteiger partial charge in [-0.05, 0) is 42.7 Å². The first kappa shape index (κ1) is 21.4. The second-order valence-electron chi connectivity index (χ2n) is 7.27. The Morgan fingerprint density at radius 2 is 1.87 bits per heavy atom. The topological polar surface area (TPSA) is 91.4 Å². The minimum Gasteiger partial charge on any atom is -0.354 e. The molecule has 1 aromatic carbocycles. The van der Waals surface area contributed by atoms with Crippen molar-refractivity contribution in [2.75, 3.05) is 26.2 Å². The van der Waals surface area contributed by atoms with E-state index in [1.54, 1.807) is 35.4 Å². The summed E-state index contributed by atoms with van der Waals surface area (Å²) in [5.41, 5.74) is 1.21. The van der Waals surface area contributed by atoms with E-state index in [-0.39, 0.29) is 35.9 Å². The van der Waals surface area contributed by atoms with Crippen molar-refractivity contribution in [2.45, 2.75) is 19.3 Å². The van der Waals surface area contributed by atoms with E-state index in [1.807, 2.05) is 0 Å². The minimum atomic E-state index is -0.336. The maximum atomic E-state index is 13.0. The summed E-state index contributed by atoms with van der Waals surface area (Å²) in [6, 6.07) is 9.22. The van der Waals surface area contributed by atoms with Crippen LogP contribution in [0.25, 0.3) is 0 Å². The van der Waals surface area contributed by atoms with Gasteiger partial charge in [-0.15, -0.1) is 0 Å². The van der Waals surface area contributed by atoms with Crippen LogP contribution < -0.4 is 10.6 Å². The predicted octanol–water partition coefficient (Wildman–Crippen LogP) is 1.55. The highest BCUT2D eigenvalue weighted by Gasteiger charge is 2.28. The number of piperidine rings is 1. The standard InChI is InChI=1S/C22H25FN4O3/c23-19-7-5-16(6-8-19)13-20(28)27-12-2-4-18(15-27)22(30)26-11-10-25-21(29)17-3-1-9-24-14-17/h1,3,5-9,14,18H,2,4,10-13,15H2,(H,25,29)(H,26,30). The Morgan fingerprint density at radius 3 is 2.60 bits per heavy atom. The minimum absolute atomic E-state index is 0.0668. The molecule has 1 fully saturated rings. The van der Waals surface area contributed by atoms with Gasteiger partial charge in [-0.3, -0.25) is 19.4 Å². The van der Waals surface area contributed by atoms with Gasteiger partial charge in [-0.2, -0.15) is 0 Å². The molecule has 1 atom stereocenters. The Kier molecular flexibility index (Phi) is 7.48. The van der Waals surface area contributed by atoms with Crippen molar-refractivity contribution in [3.05, 3.63) is 65.7 Å². The highest BCUT2D eigenvalue weighted by atomic mass is 19.1. The first-order valence-electron chi connectivity index (χ1n) is 10.0. The van der Waals surface area contributed by atoms with E-state index in [9.17, 15) is 18.8 Å². The van der Waals surface area contributed by atoms with Crippen LogP contribution in [0, 0.1) is 11.7 Å². The van der Waals surface area contributed by atoms with Gasteiger partial charge in [0.2, 0.25) is 11.8 Å². The molecular formula is C22H25FN4O3. The quantitative estimate of drug-likeness (QED) is 0.675. The number of hydrogen-bond acceptors (Lipinski definition) is 4. The van der Waals surface area contributed by atoms with Crippen LogP contribution in [0.1, 0.15) is 28.8 Å². The van der Waals surface area contributed by atoms with Crippen LogP contribution in [0.15, 0.2) is 48.8 Å². The van der Waals surface area contributed by atoms with Crippen LogP contribution in [-0.4, -0.2) is 53.8 Å². The number of likely N-dealkylation sites (tertiary alicyclic amines) is 1. The number of rotatable bonds is 7. The largest absolute Gasteiger partial charge is 0.354 e. The third-order valence-corrected chi connectivity index (χ3v) is 5.05. The number of pyridine rings is 1. The lowest BCUT2D eigenvalue weighted by Crippen LogP contribution is -2.47. The molecule has 2 aromatic rings. The van der Waals surface area contributed by atoms with Crippen molar-refractivity contribution in [3.8, 4) is 0 Å². The van der Waals surface area contributed by atoms with Gasteiger partial charge in [-0.1, -0.05) is 12.1 Å². The number of aromatic nitrogens is 1. The van der Waals surface area contributed by atoms with Gasteiger partial charge in [0.1, 0.15) is 5.82 Å². The zero-order chi connectivity index (χ0) is 21.3. The summed E-state index contributed by atoms with van der Waals surface area (Å²) >= 11 is 0. The summed E-state index contributed by atoms with van der Waals surface area (Å²) in [7, 11) is 0. The Morgan fingerprint density at radius 1 is 1.10 bits per heavy atom. The highest BCUT2D eigenvalue weighted by Crippen LogP contribution is 2.18. The van der Waals surface area contributed by atoms with Crippen molar-refractivity contribution in [3.63, 3.8) is 0 Å². The second-order valence-corrected chi connectivity index (χ2v) is 7.27. The molecule has 0 radical (unpaired) electrons. The van der Waals surface area contributed by atoms with Gasteiger partial charge in [0, 0.05) is 38.6 Å². The maximum Gasteiger partial charge on any atom is 0.252 e. The molecule has 1 aliphatic rings. The molecule has 2 N–H and O–H groups in total. The summed E-state index contributed by atoms with van der Waals surface area (Å²) in [6.07, 6.45) is 4.73. The number of hydrogen-bond donors (Lipinski definition) is 2. The Hall–Kier alpha value is -3.29. The summed E-state index contributed by atoms with van der Waals surface area (Å²) in [5.74, 6) is -1.04. The number of amides is 3. The van der Waals surface area contributed by atoms with Crippen LogP contribution in [0.2, 0.25) is 0 Å². The van der Waals surface area contributed by atoms with Crippen LogP contribution >= 0.6 is 0 Å². The van der Waals surface area contributed by atoms with Crippen molar-refractivity contribution in [1.29, 1.82) is 0 Å². The lowest BCUT2D eigenvalue weighted by molar-refractivity contribution is -0.135. The van der Waals surface area contributed by atoms with Gasteiger partial charge < -0.3 is 15.5 Å². The van der Waals surface area contributed by atoms with E-state index in [4.69, 9.17) is 0 Å². The van der Waals surface area contributed by atoms with Crippen LogP contribution in [0.4, 0.5) is 4.39 Å². The van der Waals surface area contributed by atoms with Gasteiger partial charge in [0.05, 0.1) is 17.9 Å². The fourth-order valence-corrected chi connectivity index (χ4v) is 3.41. The van der Waals surface area contributed by atoms with E-state index >= 15 is 0 Å². The molecule has 1 aliphatic heterocycles. The molecule has 0 spiro atoms. The van der Waals surface area contributed by atoms with Crippen molar-refractivity contribution < 1.29 is 18.8 Å².